The van der Waals surface area contributed by atoms with Crippen molar-refractivity contribution in [3.8, 4) is 6.07 Å². The number of aromatic nitrogens is 1. The molecule has 4 rings (SSSR count). The van der Waals surface area contributed by atoms with Crippen molar-refractivity contribution in [3.05, 3.63) is 59.8 Å². The largest absolute Gasteiger partial charge is 0.395 e. The van der Waals surface area contributed by atoms with Crippen LogP contribution < -0.4 is 4.90 Å². The molecular weight excluding hydrogens is 382 g/mol. The Morgan fingerprint density at radius 3 is 2.50 bits per heavy atom. The number of carbonyl (C=O) groups excluding carboxylic acids is 2. The number of amides is 3. The molecule has 30 heavy (non-hydrogen) atoms. The highest BCUT2D eigenvalue weighted by Crippen LogP contribution is 2.39. The van der Waals surface area contributed by atoms with Gasteiger partial charge in [0.05, 0.1) is 18.7 Å². The molecule has 0 radical (unpaired) electrons. The van der Waals surface area contributed by atoms with Gasteiger partial charge in [-0.1, -0.05) is 30.3 Å². The van der Waals surface area contributed by atoms with E-state index in [2.05, 4.69) is 11.1 Å². The molecule has 0 unspecified atom stereocenters. The summed E-state index contributed by atoms with van der Waals surface area (Å²) in [6, 6.07) is 14.8. The first-order valence-electron chi connectivity index (χ1n) is 9.99. The molecule has 1 aromatic heterocycles. The Kier molecular flexibility index (Phi) is 5.38. The molecule has 2 fully saturated rings. The summed E-state index contributed by atoms with van der Waals surface area (Å²) in [6.45, 7) is 1.07. The fourth-order valence-electron chi connectivity index (χ4n) is 4.37. The number of piperidine rings is 1. The molecule has 2 aromatic rings. The molecule has 0 aliphatic carbocycles. The molecule has 0 atom stereocenters. The first kappa shape index (κ1) is 19.9. The second kappa shape index (κ2) is 8.13. The van der Waals surface area contributed by atoms with Crippen molar-refractivity contribution in [1.82, 2.24) is 14.8 Å². The zero-order valence-electron chi connectivity index (χ0n) is 16.6. The lowest BCUT2D eigenvalue weighted by Crippen LogP contribution is -2.56. The fourth-order valence-corrected chi connectivity index (χ4v) is 4.37. The number of aliphatic hydroxyl groups excluding tert-OH is 1. The molecule has 1 aromatic carbocycles. The zero-order chi connectivity index (χ0) is 21.1. The maximum atomic E-state index is 13.3. The van der Waals surface area contributed by atoms with Gasteiger partial charge in [-0.15, -0.1) is 0 Å². The highest BCUT2D eigenvalue weighted by molar-refractivity contribution is 6.07. The average molecular weight is 405 g/mol. The van der Waals surface area contributed by atoms with E-state index in [1.807, 2.05) is 35.2 Å². The van der Waals surface area contributed by atoms with Crippen molar-refractivity contribution in [2.45, 2.75) is 24.9 Å². The first-order valence-corrected chi connectivity index (χ1v) is 9.99. The number of hydrogen-bond donors (Lipinski definition) is 1. The van der Waals surface area contributed by atoms with Gasteiger partial charge in [0.15, 0.2) is 0 Å². The molecule has 3 heterocycles. The number of imide groups is 1. The van der Waals surface area contributed by atoms with Crippen LogP contribution in [0.4, 0.5) is 10.6 Å². The van der Waals surface area contributed by atoms with Crippen molar-refractivity contribution < 1.29 is 14.7 Å². The Labute approximate surface area is 175 Å². The highest BCUT2D eigenvalue weighted by Gasteiger charge is 2.57. The van der Waals surface area contributed by atoms with E-state index >= 15 is 0 Å². The summed E-state index contributed by atoms with van der Waals surface area (Å²) in [5.41, 5.74) is 0.494. The topological polar surface area (TPSA) is 101 Å². The van der Waals surface area contributed by atoms with Crippen LogP contribution in [0.2, 0.25) is 0 Å². The van der Waals surface area contributed by atoms with E-state index in [4.69, 9.17) is 0 Å². The number of pyridine rings is 1. The van der Waals surface area contributed by atoms with E-state index in [1.165, 1.54) is 4.90 Å². The quantitative estimate of drug-likeness (QED) is 0.761. The lowest BCUT2D eigenvalue weighted by atomic mass is 9.85. The number of rotatable bonds is 5. The van der Waals surface area contributed by atoms with Crippen molar-refractivity contribution in [2.75, 3.05) is 31.1 Å². The van der Waals surface area contributed by atoms with Crippen LogP contribution in [0.3, 0.4) is 0 Å². The highest BCUT2D eigenvalue weighted by atomic mass is 16.3. The standard InChI is InChI=1S/C22H23N5O3/c23-15-18-7-4-10-24-19(18)25-11-8-22(9-12-25)20(29)26(13-14-28)21(30)27(22)16-17-5-2-1-3-6-17/h1-7,10,28H,8-9,11-14,16H2. The number of benzene rings is 1. The monoisotopic (exact) mass is 405 g/mol. The Balaban J connectivity index is 1.62. The van der Waals surface area contributed by atoms with Crippen LogP contribution in [0.25, 0.3) is 0 Å². The number of carbonyl (C=O) groups is 2. The molecule has 2 aliphatic heterocycles. The van der Waals surface area contributed by atoms with E-state index < -0.39 is 5.54 Å². The van der Waals surface area contributed by atoms with Gasteiger partial charge in [0.25, 0.3) is 5.91 Å². The van der Waals surface area contributed by atoms with Crippen LogP contribution in [0, 0.1) is 11.3 Å². The minimum Gasteiger partial charge on any atom is -0.395 e. The maximum absolute atomic E-state index is 13.3. The third kappa shape index (κ3) is 3.27. The SMILES string of the molecule is N#Cc1cccnc1N1CCC2(CC1)C(=O)N(CCO)C(=O)N2Cc1ccccc1. The third-order valence-corrected chi connectivity index (χ3v) is 5.93. The summed E-state index contributed by atoms with van der Waals surface area (Å²) in [7, 11) is 0. The van der Waals surface area contributed by atoms with Gasteiger partial charge >= 0.3 is 6.03 Å². The Bertz CT molecular complexity index is 980. The van der Waals surface area contributed by atoms with Crippen molar-refractivity contribution >= 4 is 17.8 Å². The van der Waals surface area contributed by atoms with Crippen LogP contribution in [0.5, 0.6) is 0 Å². The van der Waals surface area contributed by atoms with Gasteiger partial charge in [-0.3, -0.25) is 9.69 Å². The van der Waals surface area contributed by atoms with Crippen LogP contribution >= 0.6 is 0 Å². The molecular formula is C22H23N5O3. The van der Waals surface area contributed by atoms with Gasteiger partial charge < -0.3 is 14.9 Å². The molecule has 1 N–H and O–H groups in total. The van der Waals surface area contributed by atoms with Crippen LogP contribution in [-0.4, -0.2) is 63.6 Å². The van der Waals surface area contributed by atoms with Crippen LogP contribution in [0.1, 0.15) is 24.0 Å². The van der Waals surface area contributed by atoms with Gasteiger partial charge in [0, 0.05) is 25.8 Å². The molecule has 3 amide bonds. The van der Waals surface area contributed by atoms with Crippen molar-refractivity contribution in [2.24, 2.45) is 0 Å². The molecule has 0 bridgehead atoms. The summed E-state index contributed by atoms with van der Waals surface area (Å²) < 4.78 is 0. The van der Waals surface area contributed by atoms with Crippen molar-refractivity contribution in [1.29, 1.82) is 5.26 Å². The lowest BCUT2D eigenvalue weighted by molar-refractivity contribution is -0.134. The van der Waals surface area contributed by atoms with Crippen molar-refractivity contribution in [3.63, 3.8) is 0 Å². The summed E-state index contributed by atoms with van der Waals surface area (Å²) in [4.78, 5) is 35.6. The van der Waals surface area contributed by atoms with E-state index in [1.54, 1.807) is 23.2 Å². The van der Waals surface area contributed by atoms with Gasteiger partial charge in [-0.25, -0.2) is 9.78 Å². The van der Waals surface area contributed by atoms with Gasteiger partial charge in [0.2, 0.25) is 0 Å². The summed E-state index contributed by atoms with van der Waals surface area (Å²) in [6.07, 6.45) is 2.52. The lowest BCUT2D eigenvalue weighted by Gasteiger charge is -2.42. The molecule has 8 heteroatoms. The van der Waals surface area contributed by atoms with E-state index in [9.17, 15) is 20.0 Å². The molecule has 2 aliphatic rings. The molecule has 0 saturated carbocycles. The van der Waals surface area contributed by atoms with E-state index in [0.717, 1.165) is 5.56 Å². The number of urea groups is 1. The minimum absolute atomic E-state index is 0.00670. The predicted molar refractivity (Wildman–Crippen MR) is 109 cm³/mol. The molecule has 2 saturated heterocycles. The van der Waals surface area contributed by atoms with Gasteiger partial charge in [-0.2, -0.15) is 5.26 Å². The van der Waals surface area contributed by atoms with E-state index in [-0.39, 0.29) is 25.1 Å². The smallest absolute Gasteiger partial charge is 0.328 e. The minimum atomic E-state index is -0.944. The molecule has 1 spiro atoms. The number of anilines is 1. The third-order valence-electron chi connectivity index (χ3n) is 5.93. The Morgan fingerprint density at radius 1 is 1.10 bits per heavy atom. The predicted octanol–water partition coefficient (Wildman–Crippen LogP) is 1.75. The number of nitrogens with zero attached hydrogens (tertiary/aromatic N) is 5. The van der Waals surface area contributed by atoms with Gasteiger partial charge in [-0.05, 0) is 30.5 Å². The summed E-state index contributed by atoms with van der Waals surface area (Å²) >= 11 is 0. The number of hydrogen-bond acceptors (Lipinski definition) is 6. The second-order valence-corrected chi connectivity index (χ2v) is 7.54. The number of β-amino-alcohol motifs (C(OH)–C–C–N with tert-alkyl or cyclic N) is 1. The zero-order valence-corrected chi connectivity index (χ0v) is 16.6. The maximum Gasteiger partial charge on any atom is 0.328 e. The average Bonchev–Trinajstić information content (AvgIpc) is 2.97. The van der Waals surface area contributed by atoms with Crippen LogP contribution in [0.15, 0.2) is 48.7 Å². The Hall–Kier alpha value is -3.44. The van der Waals surface area contributed by atoms with Crippen LogP contribution in [-0.2, 0) is 11.3 Å². The number of nitriles is 1. The van der Waals surface area contributed by atoms with Gasteiger partial charge in [0.1, 0.15) is 17.4 Å². The summed E-state index contributed by atoms with van der Waals surface area (Å²) in [5.74, 6) is 0.354. The first-order chi connectivity index (χ1) is 14.6. The molecule has 8 nitrogen and oxygen atoms in total. The summed E-state index contributed by atoms with van der Waals surface area (Å²) in [5, 5.41) is 18.7. The fraction of sp³-hybridized carbons (Fsp3) is 0.364. The second-order valence-electron chi connectivity index (χ2n) is 7.54. The number of aliphatic hydroxyl groups is 1. The Morgan fingerprint density at radius 2 is 1.83 bits per heavy atom. The molecule has 154 valence electrons. The van der Waals surface area contributed by atoms with E-state index in [0.29, 0.717) is 43.9 Å². The normalized spacial score (nSPS) is 18.2.